The molecule has 3 N–H and O–H groups in total. The Bertz CT molecular complexity index is 1170. The molecule has 4 rings (SSSR count). The van der Waals surface area contributed by atoms with Gasteiger partial charge in [-0.2, -0.15) is 15.0 Å². The highest BCUT2D eigenvalue weighted by Gasteiger charge is 2.16. The number of para-hydroxylation sites is 1. The number of rotatable bonds is 7. The second-order valence-electron chi connectivity index (χ2n) is 6.38. The molecule has 0 amide bonds. The van der Waals surface area contributed by atoms with E-state index in [-0.39, 0.29) is 5.95 Å². The van der Waals surface area contributed by atoms with Crippen LogP contribution in [-0.4, -0.2) is 30.1 Å². The number of thiazole rings is 1. The maximum atomic E-state index is 5.88. The lowest BCUT2D eigenvalue weighted by Gasteiger charge is -2.10. The Kier molecular flexibility index (Phi) is 5.91. The number of hydrogen-bond donors (Lipinski definition) is 2. The van der Waals surface area contributed by atoms with Crippen molar-refractivity contribution < 1.29 is 4.42 Å². The smallest absolute Gasteiger partial charge is 0.277 e. The van der Waals surface area contributed by atoms with Crippen LogP contribution in [0, 0.1) is 13.8 Å². The zero-order chi connectivity index (χ0) is 21.1. The van der Waals surface area contributed by atoms with Gasteiger partial charge in [0.05, 0.1) is 16.5 Å². The van der Waals surface area contributed by atoms with E-state index in [1.807, 2.05) is 32.0 Å². The van der Waals surface area contributed by atoms with Crippen LogP contribution in [0.5, 0.6) is 0 Å². The highest BCUT2D eigenvalue weighted by atomic mass is 32.2. The van der Waals surface area contributed by atoms with Crippen LogP contribution in [0.2, 0.25) is 0 Å². The summed E-state index contributed by atoms with van der Waals surface area (Å²) in [6.45, 7) is 5.97. The first-order valence-corrected chi connectivity index (χ1v) is 11.1. The molecular weight excluding hydrogens is 420 g/mol. The maximum absolute atomic E-state index is 5.88. The molecule has 9 nitrogen and oxygen atoms in total. The Morgan fingerprint density at radius 2 is 1.93 bits per heavy atom. The van der Waals surface area contributed by atoms with Crippen LogP contribution in [-0.2, 0) is 12.2 Å². The van der Waals surface area contributed by atoms with Crippen LogP contribution >= 0.6 is 23.1 Å². The Morgan fingerprint density at radius 1 is 1.10 bits per heavy atom. The quantitative estimate of drug-likeness (QED) is 0.404. The topological polar surface area (TPSA) is 129 Å². The van der Waals surface area contributed by atoms with E-state index < -0.39 is 0 Å². The molecule has 0 radical (unpaired) electrons. The van der Waals surface area contributed by atoms with Crippen molar-refractivity contribution in [2.24, 2.45) is 0 Å². The number of aryl methyl sites for hydroxylation is 3. The second kappa shape index (κ2) is 8.76. The van der Waals surface area contributed by atoms with Crippen LogP contribution in [0.25, 0.3) is 10.8 Å². The highest BCUT2D eigenvalue weighted by molar-refractivity contribution is 7.98. The van der Waals surface area contributed by atoms with Gasteiger partial charge in [-0.3, -0.25) is 0 Å². The first-order valence-electron chi connectivity index (χ1n) is 9.28. The number of nitrogens with one attached hydrogen (secondary N) is 1. The van der Waals surface area contributed by atoms with E-state index in [2.05, 4.69) is 48.4 Å². The first kappa shape index (κ1) is 20.2. The van der Waals surface area contributed by atoms with Gasteiger partial charge in [0.2, 0.25) is 11.9 Å². The van der Waals surface area contributed by atoms with Crippen LogP contribution in [0.3, 0.4) is 0 Å². The fraction of sp³-hybridized carbons (Fsp3) is 0.263. The fourth-order valence-corrected chi connectivity index (χ4v) is 4.30. The van der Waals surface area contributed by atoms with E-state index in [0.29, 0.717) is 28.6 Å². The third-order valence-corrected chi connectivity index (χ3v) is 6.05. The number of hydrogen-bond acceptors (Lipinski definition) is 11. The van der Waals surface area contributed by atoms with E-state index in [0.717, 1.165) is 27.7 Å². The minimum Gasteiger partial charge on any atom is -0.410 e. The lowest BCUT2D eigenvalue weighted by Crippen LogP contribution is -2.07. The van der Waals surface area contributed by atoms with Gasteiger partial charge in [0, 0.05) is 5.69 Å². The number of anilines is 3. The molecule has 0 aliphatic heterocycles. The SMILES string of the molecule is CCc1ccccc1Nc1nc(N)nc(CSc2nnc(-c3sc(C)nc3C)o2)n1. The molecule has 0 bridgehead atoms. The molecule has 0 aliphatic rings. The average Bonchev–Trinajstić information content (AvgIpc) is 3.32. The Hall–Kier alpha value is -3.05. The minimum absolute atomic E-state index is 0.152. The molecule has 0 atom stereocenters. The molecular formula is C19H20N8OS2. The second-order valence-corrected chi connectivity index (χ2v) is 8.51. The molecule has 0 saturated carbocycles. The summed E-state index contributed by atoms with van der Waals surface area (Å²) in [6.07, 6.45) is 0.894. The number of aromatic nitrogens is 6. The highest BCUT2D eigenvalue weighted by Crippen LogP contribution is 2.31. The van der Waals surface area contributed by atoms with Crippen molar-refractivity contribution in [3.8, 4) is 10.8 Å². The van der Waals surface area contributed by atoms with Gasteiger partial charge < -0.3 is 15.5 Å². The van der Waals surface area contributed by atoms with Crippen molar-refractivity contribution in [2.45, 2.75) is 38.2 Å². The largest absolute Gasteiger partial charge is 0.410 e. The van der Waals surface area contributed by atoms with Gasteiger partial charge in [-0.25, -0.2) is 4.98 Å². The van der Waals surface area contributed by atoms with Gasteiger partial charge in [-0.05, 0) is 31.9 Å². The summed E-state index contributed by atoms with van der Waals surface area (Å²) in [6, 6.07) is 8.00. The van der Waals surface area contributed by atoms with Crippen molar-refractivity contribution in [2.75, 3.05) is 11.1 Å². The standard InChI is InChI=1S/C19H20N8OS2/c1-4-12-7-5-6-8-13(12)22-18-24-14(23-17(20)25-18)9-29-19-27-26-16(28-19)15-10(2)21-11(3)30-15/h5-8H,4,9H2,1-3H3,(H3,20,22,23,24,25). The van der Waals surface area contributed by atoms with Crippen molar-refractivity contribution in [3.05, 3.63) is 46.4 Å². The molecule has 0 fully saturated rings. The van der Waals surface area contributed by atoms with Gasteiger partial charge in [-0.1, -0.05) is 36.9 Å². The van der Waals surface area contributed by atoms with Crippen molar-refractivity contribution in [3.63, 3.8) is 0 Å². The van der Waals surface area contributed by atoms with Gasteiger partial charge in [0.1, 0.15) is 10.7 Å². The molecule has 11 heteroatoms. The normalized spacial score (nSPS) is 11.0. The summed E-state index contributed by atoms with van der Waals surface area (Å²) >= 11 is 2.87. The fourth-order valence-electron chi connectivity index (χ4n) is 2.85. The van der Waals surface area contributed by atoms with Crippen molar-refractivity contribution in [1.82, 2.24) is 30.1 Å². The van der Waals surface area contributed by atoms with Gasteiger partial charge in [-0.15, -0.1) is 21.5 Å². The predicted octanol–water partition coefficient (Wildman–Crippen LogP) is 4.18. The number of nitrogen functional groups attached to an aromatic ring is 1. The van der Waals surface area contributed by atoms with Crippen LogP contribution < -0.4 is 11.1 Å². The Labute approximate surface area is 181 Å². The molecule has 0 unspecified atom stereocenters. The number of benzene rings is 1. The van der Waals surface area contributed by atoms with E-state index in [9.17, 15) is 0 Å². The molecule has 3 heterocycles. The average molecular weight is 441 g/mol. The van der Waals surface area contributed by atoms with E-state index in [4.69, 9.17) is 10.2 Å². The molecule has 0 saturated heterocycles. The third kappa shape index (κ3) is 4.57. The van der Waals surface area contributed by atoms with Crippen LogP contribution in [0.1, 0.15) is 29.0 Å². The molecule has 154 valence electrons. The zero-order valence-electron chi connectivity index (χ0n) is 16.7. The molecule has 30 heavy (non-hydrogen) atoms. The first-order chi connectivity index (χ1) is 14.5. The van der Waals surface area contributed by atoms with E-state index in [1.165, 1.54) is 28.7 Å². The van der Waals surface area contributed by atoms with E-state index in [1.54, 1.807) is 0 Å². The van der Waals surface area contributed by atoms with Crippen molar-refractivity contribution in [1.29, 1.82) is 0 Å². The lowest BCUT2D eigenvalue weighted by atomic mass is 10.1. The molecule has 0 aliphatic carbocycles. The van der Waals surface area contributed by atoms with Gasteiger partial charge in [0.25, 0.3) is 11.1 Å². The summed E-state index contributed by atoms with van der Waals surface area (Å²) < 4.78 is 5.77. The maximum Gasteiger partial charge on any atom is 0.277 e. The number of nitrogens with two attached hydrogens (primary N) is 1. The Morgan fingerprint density at radius 3 is 2.70 bits per heavy atom. The monoisotopic (exact) mass is 440 g/mol. The number of nitrogens with zero attached hydrogens (tertiary/aromatic N) is 6. The van der Waals surface area contributed by atoms with Gasteiger partial charge >= 0.3 is 0 Å². The number of thioether (sulfide) groups is 1. The summed E-state index contributed by atoms with van der Waals surface area (Å²) in [7, 11) is 0. The molecule has 0 spiro atoms. The third-order valence-electron chi connectivity index (χ3n) is 4.17. The van der Waals surface area contributed by atoms with Crippen molar-refractivity contribution >= 4 is 40.7 Å². The zero-order valence-corrected chi connectivity index (χ0v) is 18.3. The van der Waals surface area contributed by atoms with Crippen LogP contribution in [0.4, 0.5) is 17.6 Å². The van der Waals surface area contributed by atoms with Gasteiger partial charge in [0.15, 0.2) is 0 Å². The molecule has 3 aromatic heterocycles. The summed E-state index contributed by atoms with van der Waals surface area (Å²) in [5.74, 6) is 1.96. The lowest BCUT2D eigenvalue weighted by molar-refractivity contribution is 0.466. The molecule has 4 aromatic rings. The summed E-state index contributed by atoms with van der Waals surface area (Å²) in [5.41, 5.74) is 8.88. The van der Waals surface area contributed by atoms with E-state index >= 15 is 0 Å². The molecule has 1 aromatic carbocycles. The summed E-state index contributed by atoms with van der Waals surface area (Å²) in [5, 5.41) is 12.8. The Balaban J connectivity index is 1.47. The van der Waals surface area contributed by atoms with Crippen LogP contribution in [0.15, 0.2) is 33.9 Å². The summed E-state index contributed by atoms with van der Waals surface area (Å²) in [4.78, 5) is 18.2. The predicted molar refractivity (Wildman–Crippen MR) is 118 cm³/mol. The minimum atomic E-state index is 0.152.